The Bertz CT molecular complexity index is 1110. The first-order valence-electron chi connectivity index (χ1n) is 8.41. The van der Waals surface area contributed by atoms with E-state index in [1.165, 1.54) is 17.9 Å². The summed E-state index contributed by atoms with van der Waals surface area (Å²) in [4.78, 5) is 24.0. The Labute approximate surface area is 161 Å². The van der Waals surface area contributed by atoms with Gasteiger partial charge in [0, 0.05) is 17.3 Å². The van der Waals surface area contributed by atoms with Crippen LogP contribution in [0, 0.1) is 25.2 Å². The van der Waals surface area contributed by atoms with E-state index in [1.54, 1.807) is 56.3 Å². The van der Waals surface area contributed by atoms with Crippen molar-refractivity contribution in [3.8, 4) is 17.4 Å². The first kappa shape index (κ1) is 18.9. The molecule has 1 aromatic carbocycles. The number of rotatable bonds is 4. The molecule has 0 N–H and O–H groups in total. The molecule has 0 saturated heterocycles. The molecule has 0 amide bonds. The fourth-order valence-electron chi connectivity index (χ4n) is 2.71. The van der Waals surface area contributed by atoms with E-state index < -0.39 is 11.9 Å². The van der Waals surface area contributed by atoms with Gasteiger partial charge in [-0.05, 0) is 44.2 Å². The van der Waals surface area contributed by atoms with E-state index in [-0.39, 0.29) is 5.57 Å². The molecule has 3 aromatic rings. The van der Waals surface area contributed by atoms with Crippen molar-refractivity contribution in [1.82, 2.24) is 9.78 Å². The van der Waals surface area contributed by atoms with Crippen LogP contribution in [0.4, 0.5) is 0 Å². The van der Waals surface area contributed by atoms with Gasteiger partial charge >= 0.3 is 5.97 Å². The molecule has 0 aliphatic carbocycles. The van der Waals surface area contributed by atoms with Crippen molar-refractivity contribution in [1.29, 1.82) is 5.26 Å². The second kappa shape index (κ2) is 7.76. The molecule has 0 unspecified atom stereocenters. The standard InChI is InChI=1S/C21H17N3O4/c1-13-10-14(2)24(23-13)20(25)17(12-22)11-18-8-9-19(28-18)15-4-6-16(7-5-15)21(26)27-3/h4-11H,1-3H3/b17-11+. The van der Waals surface area contributed by atoms with Gasteiger partial charge in [-0.2, -0.15) is 10.4 Å². The first-order valence-corrected chi connectivity index (χ1v) is 8.41. The van der Waals surface area contributed by atoms with Gasteiger partial charge in [0.05, 0.1) is 18.4 Å². The highest BCUT2D eigenvalue weighted by atomic mass is 16.5. The third-order valence-corrected chi connectivity index (χ3v) is 4.06. The van der Waals surface area contributed by atoms with E-state index in [1.807, 2.05) is 6.07 Å². The third-order valence-electron chi connectivity index (χ3n) is 4.06. The number of methoxy groups -OCH3 is 1. The summed E-state index contributed by atoms with van der Waals surface area (Å²) in [5.74, 6) is -0.0404. The maximum absolute atomic E-state index is 12.5. The monoisotopic (exact) mass is 375 g/mol. The van der Waals surface area contributed by atoms with Gasteiger partial charge in [0.2, 0.25) is 0 Å². The third kappa shape index (κ3) is 3.76. The van der Waals surface area contributed by atoms with Crippen molar-refractivity contribution in [3.63, 3.8) is 0 Å². The summed E-state index contributed by atoms with van der Waals surface area (Å²) in [6.45, 7) is 3.52. The second-order valence-corrected chi connectivity index (χ2v) is 6.08. The van der Waals surface area contributed by atoms with Gasteiger partial charge in [-0.15, -0.1) is 0 Å². The van der Waals surface area contributed by atoms with Crippen molar-refractivity contribution >= 4 is 18.0 Å². The Morgan fingerprint density at radius 3 is 2.46 bits per heavy atom. The zero-order valence-corrected chi connectivity index (χ0v) is 15.6. The number of ether oxygens (including phenoxy) is 1. The molecule has 2 heterocycles. The molecule has 0 atom stereocenters. The highest BCUT2D eigenvalue weighted by molar-refractivity contribution is 6.02. The maximum atomic E-state index is 12.5. The van der Waals surface area contributed by atoms with Crippen LogP contribution in [0.5, 0.6) is 0 Å². The van der Waals surface area contributed by atoms with Crippen molar-refractivity contribution in [2.75, 3.05) is 7.11 Å². The van der Waals surface area contributed by atoms with Crippen LogP contribution in [0.25, 0.3) is 17.4 Å². The number of esters is 1. The second-order valence-electron chi connectivity index (χ2n) is 6.08. The number of furan rings is 1. The molecule has 140 valence electrons. The summed E-state index contributed by atoms with van der Waals surface area (Å²) in [6.07, 6.45) is 1.38. The van der Waals surface area contributed by atoms with E-state index in [2.05, 4.69) is 9.84 Å². The lowest BCUT2D eigenvalue weighted by Crippen LogP contribution is -2.15. The number of carbonyl (C=O) groups excluding carboxylic acids is 2. The van der Waals surface area contributed by atoms with Crippen LogP contribution in [0.15, 0.2) is 52.5 Å². The average molecular weight is 375 g/mol. The summed E-state index contributed by atoms with van der Waals surface area (Å²) in [6, 6.07) is 13.8. The largest absolute Gasteiger partial charge is 0.465 e. The molecule has 2 aromatic heterocycles. The lowest BCUT2D eigenvalue weighted by atomic mass is 10.1. The van der Waals surface area contributed by atoms with Crippen molar-refractivity contribution in [3.05, 3.63) is 70.7 Å². The minimum absolute atomic E-state index is 0.0897. The summed E-state index contributed by atoms with van der Waals surface area (Å²) < 4.78 is 11.6. The quantitative estimate of drug-likeness (QED) is 0.391. The number of hydrogen-bond acceptors (Lipinski definition) is 6. The number of nitrogens with zero attached hydrogens (tertiary/aromatic N) is 3. The normalized spacial score (nSPS) is 11.1. The first-order chi connectivity index (χ1) is 13.4. The molecular weight excluding hydrogens is 358 g/mol. The van der Waals surface area contributed by atoms with Crippen LogP contribution in [0.2, 0.25) is 0 Å². The number of carbonyl (C=O) groups is 2. The van der Waals surface area contributed by atoms with Gasteiger partial charge in [0.1, 0.15) is 23.2 Å². The molecule has 0 radical (unpaired) electrons. The van der Waals surface area contributed by atoms with Crippen molar-refractivity contribution in [2.24, 2.45) is 0 Å². The zero-order chi connectivity index (χ0) is 20.3. The van der Waals surface area contributed by atoms with Crippen molar-refractivity contribution < 1.29 is 18.7 Å². The Kier molecular flexibility index (Phi) is 5.23. The average Bonchev–Trinajstić information content (AvgIpc) is 3.30. The molecule has 7 heteroatoms. The lowest BCUT2D eigenvalue weighted by molar-refractivity contribution is 0.0600. The van der Waals surface area contributed by atoms with Crippen LogP contribution in [-0.2, 0) is 4.74 Å². The van der Waals surface area contributed by atoms with E-state index >= 15 is 0 Å². The molecule has 0 fully saturated rings. The number of aromatic nitrogens is 2. The number of aryl methyl sites for hydroxylation is 2. The minimum atomic E-state index is -0.520. The highest BCUT2D eigenvalue weighted by Gasteiger charge is 2.16. The fraction of sp³-hybridized carbons (Fsp3) is 0.143. The molecule has 0 aliphatic rings. The Hall–Kier alpha value is -3.92. The van der Waals surface area contributed by atoms with E-state index in [4.69, 9.17) is 4.42 Å². The molecule has 0 spiro atoms. The Morgan fingerprint density at radius 1 is 1.18 bits per heavy atom. The van der Waals surface area contributed by atoms with Gasteiger partial charge in [0.25, 0.3) is 5.91 Å². The lowest BCUT2D eigenvalue weighted by Gasteiger charge is -2.01. The molecule has 3 rings (SSSR count). The van der Waals surface area contributed by atoms with E-state index in [0.717, 1.165) is 5.56 Å². The molecule has 0 saturated carbocycles. The predicted molar refractivity (Wildman–Crippen MR) is 101 cm³/mol. The van der Waals surface area contributed by atoms with Crippen LogP contribution < -0.4 is 0 Å². The van der Waals surface area contributed by atoms with Crippen LogP contribution in [0.1, 0.15) is 32.3 Å². The summed E-state index contributed by atoms with van der Waals surface area (Å²) in [7, 11) is 1.32. The number of nitriles is 1. The highest BCUT2D eigenvalue weighted by Crippen LogP contribution is 2.24. The van der Waals surface area contributed by atoms with Crippen LogP contribution >= 0.6 is 0 Å². The van der Waals surface area contributed by atoms with Gasteiger partial charge < -0.3 is 9.15 Å². The number of benzene rings is 1. The molecule has 28 heavy (non-hydrogen) atoms. The molecule has 7 nitrogen and oxygen atoms in total. The Morgan fingerprint density at radius 2 is 1.89 bits per heavy atom. The topological polar surface area (TPSA) is 98.1 Å². The van der Waals surface area contributed by atoms with Gasteiger partial charge in [-0.3, -0.25) is 4.79 Å². The van der Waals surface area contributed by atoms with Gasteiger partial charge in [0.15, 0.2) is 0 Å². The fourth-order valence-corrected chi connectivity index (χ4v) is 2.71. The van der Waals surface area contributed by atoms with Gasteiger partial charge in [-0.1, -0.05) is 12.1 Å². The van der Waals surface area contributed by atoms with Gasteiger partial charge in [-0.25, -0.2) is 9.48 Å². The summed E-state index contributed by atoms with van der Waals surface area (Å²) >= 11 is 0. The molecular formula is C21H17N3O4. The summed E-state index contributed by atoms with van der Waals surface area (Å²) in [5, 5.41) is 13.5. The Balaban J connectivity index is 1.86. The smallest absolute Gasteiger partial charge is 0.337 e. The zero-order valence-electron chi connectivity index (χ0n) is 15.6. The van der Waals surface area contributed by atoms with E-state index in [9.17, 15) is 14.9 Å². The minimum Gasteiger partial charge on any atom is -0.465 e. The number of allylic oxidation sites excluding steroid dienone is 1. The van der Waals surface area contributed by atoms with Crippen LogP contribution in [-0.4, -0.2) is 28.8 Å². The van der Waals surface area contributed by atoms with Crippen LogP contribution in [0.3, 0.4) is 0 Å². The SMILES string of the molecule is COC(=O)c1ccc(-c2ccc(/C=C(\C#N)C(=O)n3nc(C)cc3C)o2)cc1. The summed E-state index contributed by atoms with van der Waals surface area (Å²) in [5.41, 5.74) is 2.43. The molecule has 0 aliphatic heterocycles. The van der Waals surface area contributed by atoms with Crippen molar-refractivity contribution in [2.45, 2.75) is 13.8 Å². The van der Waals surface area contributed by atoms with E-state index in [0.29, 0.717) is 28.5 Å². The predicted octanol–water partition coefficient (Wildman–Crippen LogP) is 3.79. The number of hydrogen-bond donors (Lipinski definition) is 0. The molecule has 0 bridgehead atoms. The maximum Gasteiger partial charge on any atom is 0.337 e.